The van der Waals surface area contributed by atoms with Crippen LogP contribution in [0, 0.1) is 0 Å². The maximum Gasteiger partial charge on any atom is 0.220 e. The maximum atomic E-state index is 12.8. The van der Waals surface area contributed by atoms with Crippen LogP contribution in [0.2, 0.25) is 0 Å². The molecule has 1 saturated heterocycles. The minimum Gasteiger partial charge on any atom is -0.394 e. The van der Waals surface area contributed by atoms with Crippen LogP contribution >= 0.6 is 0 Å². The van der Waals surface area contributed by atoms with Crippen molar-refractivity contribution in [2.45, 2.75) is 192 Å². The Morgan fingerprint density at radius 2 is 1.23 bits per heavy atom. The first-order valence-electron chi connectivity index (χ1n) is 19.2. The first kappa shape index (κ1) is 44.4. The van der Waals surface area contributed by atoms with Gasteiger partial charge in [-0.3, -0.25) is 4.79 Å². The largest absolute Gasteiger partial charge is 0.394 e. The van der Waals surface area contributed by atoms with Gasteiger partial charge in [-0.25, -0.2) is 0 Å². The summed E-state index contributed by atoms with van der Waals surface area (Å²) in [6.45, 7) is 3.66. The van der Waals surface area contributed by atoms with E-state index in [-0.39, 0.29) is 12.5 Å². The molecule has 1 aliphatic rings. The molecular weight excluding hydrogens is 610 g/mol. The molecule has 6 N–H and O–H groups in total. The Labute approximate surface area is 291 Å². The quantitative estimate of drug-likeness (QED) is 0.0370. The Balaban J connectivity index is 2.36. The summed E-state index contributed by atoms with van der Waals surface area (Å²) in [4.78, 5) is 12.8. The molecule has 1 fully saturated rings. The van der Waals surface area contributed by atoms with Crippen LogP contribution in [0.5, 0.6) is 0 Å². The minimum atomic E-state index is -1.56. The summed E-state index contributed by atoms with van der Waals surface area (Å²) in [5.41, 5.74) is 0. The van der Waals surface area contributed by atoms with E-state index in [2.05, 4.69) is 43.5 Å². The van der Waals surface area contributed by atoms with E-state index in [0.29, 0.717) is 6.42 Å². The van der Waals surface area contributed by atoms with Crippen molar-refractivity contribution in [3.05, 3.63) is 36.5 Å². The number of ether oxygens (including phenoxy) is 2. The molecule has 0 bridgehead atoms. The van der Waals surface area contributed by atoms with Crippen molar-refractivity contribution in [2.75, 3.05) is 13.2 Å². The van der Waals surface area contributed by atoms with E-state index in [0.717, 1.165) is 57.8 Å². The van der Waals surface area contributed by atoms with Gasteiger partial charge in [0.25, 0.3) is 0 Å². The number of hydrogen-bond acceptors (Lipinski definition) is 8. The molecule has 7 atom stereocenters. The van der Waals surface area contributed by atoms with Crippen molar-refractivity contribution in [2.24, 2.45) is 0 Å². The number of rotatable bonds is 30. The summed E-state index contributed by atoms with van der Waals surface area (Å²) in [5, 5.41) is 53.7. The molecule has 9 nitrogen and oxygen atoms in total. The second kappa shape index (κ2) is 30.3. The molecule has 1 rings (SSSR count). The molecule has 0 aromatic heterocycles. The van der Waals surface area contributed by atoms with Gasteiger partial charge in [0.1, 0.15) is 24.4 Å². The van der Waals surface area contributed by atoms with E-state index in [1.54, 1.807) is 6.08 Å². The Kier molecular flexibility index (Phi) is 28.0. The molecule has 0 radical (unpaired) electrons. The lowest BCUT2D eigenvalue weighted by Gasteiger charge is -2.40. The van der Waals surface area contributed by atoms with Gasteiger partial charge in [-0.2, -0.15) is 0 Å². The second-order valence-electron chi connectivity index (χ2n) is 13.4. The molecule has 48 heavy (non-hydrogen) atoms. The number of aliphatic hydroxyl groups excluding tert-OH is 5. The Bertz CT molecular complexity index is 848. The van der Waals surface area contributed by atoms with Crippen molar-refractivity contribution in [3.8, 4) is 0 Å². The Morgan fingerprint density at radius 3 is 1.81 bits per heavy atom. The third-order valence-electron chi connectivity index (χ3n) is 8.96. The van der Waals surface area contributed by atoms with Crippen LogP contribution in [0.15, 0.2) is 36.5 Å². The van der Waals surface area contributed by atoms with Crippen LogP contribution in [0.25, 0.3) is 0 Å². The average molecular weight is 682 g/mol. The normalized spacial score (nSPS) is 23.0. The molecule has 1 amide bonds. The van der Waals surface area contributed by atoms with Crippen LogP contribution in [0.4, 0.5) is 0 Å². The zero-order chi connectivity index (χ0) is 35.2. The number of unbranched alkanes of at least 4 members (excludes halogenated alkanes) is 16. The van der Waals surface area contributed by atoms with E-state index in [4.69, 9.17) is 9.47 Å². The first-order valence-corrected chi connectivity index (χ1v) is 19.2. The molecule has 9 heteroatoms. The zero-order valence-corrected chi connectivity index (χ0v) is 30.2. The van der Waals surface area contributed by atoms with Gasteiger partial charge in [-0.15, -0.1) is 0 Å². The fourth-order valence-electron chi connectivity index (χ4n) is 5.77. The molecule has 1 heterocycles. The van der Waals surface area contributed by atoms with Crippen LogP contribution in [-0.4, -0.2) is 87.5 Å². The third kappa shape index (κ3) is 21.5. The molecule has 280 valence electrons. The zero-order valence-electron chi connectivity index (χ0n) is 30.2. The summed E-state index contributed by atoms with van der Waals surface area (Å²) in [5.74, 6) is -0.192. The minimum absolute atomic E-state index is 0.192. The lowest BCUT2D eigenvalue weighted by molar-refractivity contribution is -0.302. The topological polar surface area (TPSA) is 149 Å². The molecular formula is C39H71NO8. The van der Waals surface area contributed by atoms with Crippen molar-refractivity contribution < 1.29 is 39.8 Å². The fraction of sp³-hybridized carbons (Fsp3) is 0.821. The van der Waals surface area contributed by atoms with E-state index >= 15 is 0 Å². The molecule has 0 aliphatic carbocycles. The van der Waals surface area contributed by atoms with Crippen molar-refractivity contribution in [1.82, 2.24) is 5.32 Å². The van der Waals surface area contributed by atoms with E-state index < -0.39 is 49.5 Å². The Hall–Kier alpha value is -1.59. The molecule has 7 unspecified atom stereocenters. The highest BCUT2D eigenvalue weighted by Gasteiger charge is 2.44. The lowest BCUT2D eigenvalue weighted by Crippen LogP contribution is -2.60. The second-order valence-corrected chi connectivity index (χ2v) is 13.4. The maximum absolute atomic E-state index is 12.8. The third-order valence-corrected chi connectivity index (χ3v) is 8.96. The van der Waals surface area contributed by atoms with Gasteiger partial charge in [-0.05, 0) is 51.4 Å². The molecule has 0 spiro atoms. The number of aliphatic hydroxyl groups is 5. The molecule has 0 aromatic carbocycles. The van der Waals surface area contributed by atoms with Gasteiger partial charge in [0.2, 0.25) is 5.91 Å². The van der Waals surface area contributed by atoms with Gasteiger partial charge in [0.05, 0.1) is 25.4 Å². The SMILES string of the molecule is CCCCCC/C=C\C/C=C\CCCCCCCCCC(=O)NC(COC1OC(CO)C(O)C(O)C1O)C(O)/C=C/CCCCCCC. The highest BCUT2D eigenvalue weighted by Crippen LogP contribution is 2.22. The van der Waals surface area contributed by atoms with E-state index in [9.17, 15) is 30.3 Å². The van der Waals surface area contributed by atoms with Gasteiger partial charge < -0.3 is 40.3 Å². The average Bonchev–Trinajstić information content (AvgIpc) is 3.08. The summed E-state index contributed by atoms with van der Waals surface area (Å²) in [7, 11) is 0. The summed E-state index contributed by atoms with van der Waals surface area (Å²) < 4.78 is 11.1. The van der Waals surface area contributed by atoms with E-state index in [1.165, 1.54) is 70.6 Å². The monoisotopic (exact) mass is 682 g/mol. The number of amides is 1. The van der Waals surface area contributed by atoms with Crippen molar-refractivity contribution in [3.63, 3.8) is 0 Å². The van der Waals surface area contributed by atoms with E-state index in [1.807, 2.05) is 6.08 Å². The Morgan fingerprint density at radius 1 is 0.708 bits per heavy atom. The highest BCUT2D eigenvalue weighted by atomic mass is 16.7. The van der Waals surface area contributed by atoms with Gasteiger partial charge in [-0.1, -0.05) is 127 Å². The number of allylic oxidation sites excluding steroid dienone is 5. The molecule has 0 saturated carbocycles. The summed E-state index contributed by atoms with van der Waals surface area (Å²) >= 11 is 0. The number of hydrogen-bond donors (Lipinski definition) is 6. The number of nitrogens with one attached hydrogen (secondary N) is 1. The van der Waals surface area contributed by atoms with Gasteiger partial charge >= 0.3 is 0 Å². The first-order chi connectivity index (χ1) is 23.3. The van der Waals surface area contributed by atoms with Crippen molar-refractivity contribution in [1.29, 1.82) is 0 Å². The highest BCUT2D eigenvalue weighted by molar-refractivity contribution is 5.76. The van der Waals surface area contributed by atoms with Gasteiger partial charge in [0.15, 0.2) is 6.29 Å². The van der Waals surface area contributed by atoms with Crippen molar-refractivity contribution >= 4 is 5.91 Å². The predicted octanol–water partition coefficient (Wildman–Crippen LogP) is 6.55. The van der Waals surface area contributed by atoms with Crippen LogP contribution in [0.1, 0.15) is 149 Å². The molecule has 0 aromatic rings. The fourth-order valence-corrected chi connectivity index (χ4v) is 5.77. The summed E-state index contributed by atoms with van der Waals surface area (Å²) in [6, 6.07) is -0.804. The smallest absolute Gasteiger partial charge is 0.220 e. The van der Waals surface area contributed by atoms with Crippen LogP contribution in [-0.2, 0) is 14.3 Å². The lowest BCUT2D eigenvalue weighted by atomic mass is 9.99. The van der Waals surface area contributed by atoms with Crippen LogP contribution < -0.4 is 5.32 Å². The predicted molar refractivity (Wildman–Crippen MR) is 193 cm³/mol. The molecule has 1 aliphatic heterocycles. The number of carbonyl (C=O) groups excluding carboxylic acids is 1. The number of carbonyl (C=O) groups is 1. The van der Waals surface area contributed by atoms with Crippen LogP contribution in [0.3, 0.4) is 0 Å². The summed E-state index contributed by atoms with van der Waals surface area (Å²) in [6.07, 6.45) is 27.8. The van der Waals surface area contributed by atoms with Gasteiger partial charge in [0, 0.05) is 6.42 Å². The standard InChI is InChI=1S/C39H71NO8/c1-3-5-7-9-11-12-13-14-15-16-17-18-19-20-21-23-25-27-29-35(43)40-32(33(42)28-26-24-22-10-8-6-4-2)31-47-39-38(46)37(45)36(44)34(30-41)48-39/h12-13,15-16,26,28,32-34,36-39,41-42,44-46H,3-11,14,17-25,27,29-31H2,1-2H3,(H,40,43)/b13-12-,16-15-,28-26+.